The predicted octanol–water partition coefficient (Wildman–Crippen LogP) is 1.14. The summed E-state index contributed by atoms with van der Waals surface area (Å²) in [7, 11) is 0. The summed E-state index contributed by atoms with van der Waals surface area (Å²) in [4.78, 5) is 11.3. The van der Waals surface area contributed by atoms with Crippen molar-refractivity contribution >= 4 is 5.97 Å². The maximum Gasteiger partial charge on any atom is 0.338 e. The minimum atomic E-state index is -0.382. The highest BCUT2D eigenvalue weighted by Crippen LogP contribution is 2.07. The van der Waals surface area contributed by atoms with Crippen molar-refractivity contribution in [3.05, 3.63) is 35.4 Å². The first-order chi connectivity index (χ1) is 6.25. The van der Waals surface area contributed by atoms with Gasteiger partial charge < -0.3 is 9.84 Å². The lowest BCUT2D eigenvalue weighted by atomic mass is 10.1. The number of ether oxygens (including phenoxy) is 1. The zero-order valence-electron chi connectivity index (χ0n) is 7.49. The third kappa shape index (κ3) is 2.56. The number of carbonyl (C=O) groups excluding carboxylic acids is 1. The molecule has 0 spiro atoms. The van der Waals surface area contributed by atoms with Crippen LogP contribution in [0.3, 0.4) is 0 Å². The molecule has 1 aromatic carbocycles. The molecule has 0 bridgehead atoms. The summed E-state index contributed by atoms with van der Waals surface area (Å²) < 4.78 is 4.77. The molecule has 0 aliphatic heterocycles. The molecule has 1 rings (SSSR count). The first-order valence-electron chi connectivity index (χ1n) is 4.09. The molecule has 0 fully saturated rings. The van der Waals surface area contributed by atoms with Gasteiger partial charge in [0.05, 0.1) is 12.2 Å². The van der Waals surface area contributed by atoms with Gasteiger partial charge in [0, 0.05) is 0 Å². The van der Waals surface area contributed by atoms with Gasteiger partial charge >= 0.3 is 5.97 Å². The first kappa shape index (κ1) is 9.74. The van der Waals surface area contributed by atoms with E-state index in [1.807, 2.05) is 19.1 Å². The largest absolute Gasteiger partial charge is 0.460 e. The van der Waals surface area contributed by atoms with E-state index in [0.29, 0.717) is 5.56 Å². The Morgan fingerprint density at radius 3 is 2.77 bits per heavy atom. The monoisotopic (exact) mass is 180 g/mol. The molecule has 0 heterocycles. The standard InChI is InChI=1S/C10H12O3/c1-8-4-2-3-5-9(8)10(12)13-7-6-11/h2-5,11H,6-7H2,1H3. The van der Waals surface area contributed by atoms with Crippen molar-refractivity contribution in [1.82, 2.24) is 0 Å². The third-order valence-electron chi connectivity index (χ3n) is 1.69. The lowest BCUT2D eigenvalue weighted by Gasteiger charge is -2.04. The van der Waals surface area contributed by atoms with Gasteiger partial charge in [-0.2, -0.15) is 0 Å². The maximum absolute atomic E-state index is 11.3. The molecule has 3 heteroatoms. The molecule has 0 aliphatic rings. The molecule has 0 amide bonds. The molecule has 0 atom stereocenters. The van der Waals surface area contributed by atoms with Crippen LogP contribution in [0.1, 0.15) is 15.9 Å². The average molecular weight is 180 g/mol. The van der Waals surface area contributed by atoms with Crippen molar-refractivity contribution < 1.29 is 14.6 Å². The van der Waals surface area contributed by atoms with Crippen LogP contribution in [0.15, 0.2) is 24.3 Å². The van der Waals surface area contributed by atoms with Crippen LogP contribution in [-0.4, -0.2) is 24.3 Å². The number of rotatable bonds is 3. The minimum Gasteiger partial charge on any atom is -0.460 e. The van der Waals surface area contributed by atoms with Crippen molar-refractivity contribution in [2.75, 3.05) is 13.2 Å². The summed E-state index contributed by atoms with van der Waals surface area (Å²) in [5.41, 5.74) is 1.43. The van der Waals surface area contributed by atoms with Crippen LogP contribution in [0, 0.1) is 6.92 Å². The van der Waals surface area contributed by atoms with E-state index in [2.05, 4.69) is 0 Å². The number of hydrogen-bond acceptors (Lipinski definition) is 3. The molecule has 0 radical (unpaired) electrons. The quantitative estimate of drug-likeness (QED) is 0.709. The van der Waals surface area contributed by atoms with Gasteiger partial charge in [-0.25, -0.2) is 4.79 Å². The minimum absolute atomic E-state index is 0.0488. The zero-order valence-corrected chi connectivity index (χ0v) is 7.49. The van der Waals surface area contributed by atoms with E-state index in [-0.39, 0.29) is 19.2 Å². The van der Waals surface area contributed by atoms with Crippen molar-refractivity contribution in [1.29, 1.82) is 0 Å². The molecule has 0 unspecified atom stereocenters. The number of aliphatic hydroxyl groups is 1. The van der Waals surface area contributed by atoms with Gasteiger partial charge in [-0.15, -0.1) is 0 Å². The summed E-state index contributed by atoms with van der Waals surface area (Å²) >= 11 is 0. The Labute approximate surface area is 77.0 Å². The molecule has 0 saturated heterocycles. The van der Waals surface area contributed by atoms with Crippen LogP contribution in [0.4, 0.5) is 0 Å². The molecule has 70 valence electrons. The average Bonchev–Trinajstić information content (AvgIpc) is 2.15. The van der Waals surface area contributed by atoms with E-state index >= 15 is 0 Å². The number of esters is 1. The fraction of sp³-hybridized carbons (Fsp3) is 0.300. The Morgan fingerprint density at radius 2 is 2.15 bits per heavy atom. The molecule has 13 heavy (non-hydrogen) atoms. The highest BCUT2D eigenvalue weighted by atomic mass is 16.5. The van der Waals surface area contributed by atoms with E-state index in [1.165, 1.54) is 0 Å². The summed E-state index contributed by atoms with van der Waals surface area (Å²) in [6, 6.07) is 7.19. The summed E-state index contributed by atoms with van der Waals surface area (Å²) in [6.45, 7) is 1.75. The van der Waals surface area contributed by atoms with E-state index < -0.39 is 0 Å². The Kier molecular flexibility index (Phi) is 3.46. The molecule has 3 nitrogen and oxygen atoms in total. The third-order valence-corrected chi connectivity index (χ3v) is 1.69. The van der Waals surface area contributed by atoms with Gasteiger partial charge in [0.15, 0.2) is 0 Å². The first-order valence-corrected chi connectivity index (χ1v) is 4.09. The smallest absolute Gasteiger partial charge is 0.338 e. The van der Waals surface area contributed by atoms with Crippen LogP contribution >= 0.6 is 0 Å². The van der Waals surface area contributed by atoms with Crippen LogP contribution < -0.4 is 0 Å². The molecule has 0 aromatic heterocycles. The SMILES string of the molecule is Cc1ccccc1C(=O)OCCO. The number of aliphatic hydroxyl groups excluding tert-OH is 1. The highest BCUT2D eigenvalue weighted by molar-refractivity contribution is 5.90. The number of aryl methyl sites for hydroxylation is 1. The van der Waals surface area contributed by atoms with Crippen LogP contribution in [0.25, 0.3) is 0 Å². The van der Waals surface area contributed by atoms with Crippen molar-refractivity contribution in [2.45, 2.75) is 6.92 Å². The number of hydrogen-bond donors (Lipinski definition) is 1. The Balaban J connectivity index is 2.71. The Bertz CT molecular complexity index is 294. The Hall–Kier alpha value is -1.35. The molecular formula is C10H12O3. The maximum atomic E-state index is 11.3. The van der Waals surface area contributed by atoms with E-state index in [9.17, 15) is 4.79 Å². The van der Waals surface area contributed by atoms with Crippen LogP contribution in [-0.2, 0) is 4.74 Å². The van der Waals surface area contributed by atoms with Gasteiger partial charge in [-0.3, -0.25) is 0 Å². The normalized spacial score (nSPS) is 9.69. The second-order valence-corrected chi connectivity index (χ2v) is 2.67. The summed E-state index contributed by atoms with van der Waals surface area (Å²) in [5.74, 6) is -0.382. The number of carbonyl (C=O) groups is 1. The van der Waals surface area contributed by atoms with Gasteiger partial charge in [-0.1, -0.05) is 18.2 Å². The fourth-order valence-corrected chi connectivity index (χ4v) is 1.02. The van der Waals surface area contributed by atoms with Crippen molar-refractivity contribution in [3.8, 4) is 0 Å². The lowest BCUT2D eigenvalue weighted by Crippen LogP contribution is -2.09. The van der Waals surface area contributed by atoms with E-state index in [0.717, 1.165) is 5.56 Å². The van der Waals surface area contributed by atoms with E-state index in [1.54, 1.807) is 12.1 Å². The van der Waals surface area contributed by atoms with Gasteiger partial charge in [-0.05, 0) is 18.6 Å². The molecule has 0 saturated carbocycles. The second-order valence-electron chi connectivity index (χ2n) is 2.67. The van der Waals surface area contributed by atoms with Gasteiger partial charge in [0.2, 0.25) is 0 Å². The molecule has 1 N–H and O–H groups in total. The van der Waals surface area contributed by atoms with Crippen molar-refractivity contribution in [3.63, 3.8) is 0 Å². The second kappa shape index (κ2) is 4.62. The van der Waals surface area contributed by atoms with Gasteiger partial charge in [0.25, 0.3) is 0 Å². The summed E-state index contributed by atoms with van der Waals surface area (Å²) in [6.07, 6.45) is 0. The van der Waals surface area contributed by atoms with Gasteiger partial charge in [0.1, 0.15) is 6.61 Å². The Morgan fingerprint density at radius 1 is 1.46 bits per heavy atom. The zero-order chi connectivity index (χ0) is 9.68. The van der Waals surface area contributed by atoms with E-state index in [4.69, 9.17) is 9.84 Å². The molecule has 1 aromatic rings. The lowest BCUT2D eigenvalue weighted by molar-refractivity contribution is 0.0433. The van der Waals surface area contributed by atoms with Crippen LogP contribution in [0.2, 0.25) is 0 Å². The van der Waals surface area contributed by atoms with Crippen molar-refractivity contribution in [2.24, 2.45) is 0 Å². The molecule has 0 aliphatic carbocycles. The fourth-order valence-electron chi connectivity index (χ4n) is 1.02. The number of benzene rings is 1. The topological polar surface area (TPSA) is 46.5 Å². The van der Waals surface area contributed by atoms with Crippen LogP contribution in [0.5, 0.6) is 0 Å². The highest BCUT2D eigenvalue weighted by Gasteiger charge is 2.08. The predicted molar refractivity (Wildman–Crippen MR) is 48.5 cm³/mol. The molecular weight excluding hydrogens is 168 g/mol. The summed E-state index contributed by atoms with van der Waals surface area (Å²) in [5, 5.41) is 8.45.